The number of benzene rings is 2. The minimum atomic E-state index is -0.470. The van der Waals surface area contributed by atoms with Crippen molar-refractivity contribution in [3.05, 3.63) is 52.5 Å². The molecule has 1 atom stereocenters. The fourth-order valence-corrected chi connectivity index (χ4v) is 2.20. The Morgan fingerprint density at radius 1 is 1.29 bits per heavy atom. The average Bonchev–Trinajstić information content (AvgIpc) is 2.58. The number of halogens is 1. The molecule has 7 heteroatoms. The van der Waals surface area contributed by atoms with E-state index in [0.29, 0.717) is 11.3 Å². The molecule has 0 bridgehead atoms. The molecule has 0 radical (unpaired) electrons. The van der Waals surface area contributed by atoms with E-state index in [4.69, 9.17) is 4.74 Å². The highest BCUT2D eigenvalue weighted by Gasteiger charge is 2.11. The van der Waals surface area contributed by atoms with Gasteiger partial charge in [0.15, 0.2) is 11.5 Å². The number of aromatic hydroxyl groups is 1. The average molecular weight is 392 g/mol. The summed E-state index contributed by atoms with van der Waals surface area (Å²) in [6.07, 6.45) is 1.36. The smallest absolute Gasteiger partial charge is 0.262 e. The highest BCUT2D eigenvalue weighted by Crippen LogP contribution is 2.27. The number of carbonyl (C=O) groups is 1. The predicted molar refractivity (Wildman–Crippen MR) is 97.6 cm³/mol. The van der Waals surface area contributed by atoms with Crippen molar-refractivity contribution < 1.29 is 14.6 Å². The number of phenolic OH excluding ortho intramolecular Hbond substituents is 1. The van der Waals surface area contributed by atoms with Crippen LogP contribution in [-0.2, 0) is 4.79 Å². The van der Waals surface area contributed by atoms with Crippen molar-refractivity contribution in [2.24, 2.45) is 5.10 Å². The molecule has 1 amide bonds. The summed E-state index contributed by atoms with van der Waals surface area (Å²) in [6, 6.07) is 12.1. The molecular weight excluding hydrogens is 374 g/mol. The van der Waals surface area contributed by atoms with Crippen molar-refractivity contribution in [3.8, 4) is 11.5 Å². The van der Waals surface area contributed by atoms with Crippen molar-refractivity contribution in [1.82, 2.24) is 5.43 Å². The summed E-state index contributed by atoms with van der Waals surface area (Å²) in [5.74, 6) is 0.0196. The molecule has 0 saturated carbocycles. The van der Waals surface area contributed by atoms with Crippen molar-refractivity contribution in [2.75, 3.05) is 12.4 Å². The van der Waals surface area contributed by atoms with Gasteiger partial charge in [-0.15, -0.1) is 0 Å². The highest BCUT2D eigenvalue weighted by atomic mass is 79.9. The number of methoxy groups -OCH3 is 1. The summed E-state index contributed by atoms with van der Waals surface area (Å²) >= 11 is 3.36. The summed E-state index contributed by atoms with van der Waals surface area (Å²) in [5, 5.41) is 16.9. The number of phenols is 1. The molecule has 0 heterocycles. The molecule has 2 aromatic rings. The molecule has 0 spiro atoms. The molecule has 0 unspecified atom stereocenters. The fraction of sp³-hybridized carbons (Fsp3) is 0.176. The summed E-state index contributed by atoms with van der Waals surface area (Å²) in [7, 11) is 1.47. The second-order valence-electron chi connectivity index (χ2n) is 5.01. The number of hydrazone groups is 1. The predicted octanol–water partition coefficient (Wildman–Crippen LogP) is 3.11. The molecule has 2 rings (SSSR count). The Hall–Kier alpha value is -2.54. The first-order chi connectivity index (χ1) is 11.5. The largest absolute Gasteiger partial charge is 0.504 e. The van der Waals surface area contributed by atoms with E-state index in [2.05, 4.69) is 31.8 Å². The van der Waals surface area contributed by atoms with Gasteiger partial charge in [-0.05, 0) is 43.3 Å². The fourth-order valence-electron chi connectivity index (χ4n) is 1.93. The minimum Gasteiger partial charge on any atom is -0.504 e. The lowest BCUT2D eigenvalue weighted by atomic mass is 10.2. The van der Waals surface area contributed by atoms with Gasteiger partial charge in [0.1, 0.15) is 6.04 Å². The minimum absolute atomic E-state index is 0.0287. The SMILES string of the molecule is COc1cccc(/C=N\NC(=O)[C@@H](C)Nc2ccc(Br)cc2)c1O. The molecule has 2 aromatic carbocycles. The zero-order chi connectivity index (χ0) is 17.5. The first-order valence-corrected chi connectivity index (χ1v) is 8.01. The second kappa shape index (κ2) is 8.35. The number of para-hydroxylation sites is 1. The maximum absolute atomic E-state index is 12.0. The maximum atomic E-state index is 12.0. The van der Waals surface area contributed by atoms with E-state index in [9.17, 15) is 9.90 Å². The molecule has 0 aliphatic carbocycles. The second-order valence-corrected chi connectivity index (χ2v) is 5.92. The van der Waals surface area contributed by atoms with Crippen LogP contribution in [0.4, 0.5) is 5.69 Å². The quantitative estimate of drug-likeness (QED) is 0.521. The third-order valence-corrected chi connectivity index (χ3v) is 3.78. The van der Waals surface area contributed by atoms with Crippen LogP contribution in [0.3, 0.4) is 0 Å². The molecule has 126 valence electrons. The molecule has 6 nitrogen and oxygen atoms in total. The van der Waals surface area contributed by atoms with Crippen LogP contribution in [0, 0.1) is 0 Å². The van der Waals surface area contributed by atoms with Crippen molar-refractivity contribution in [2.45, 2.75) is 13.0 Å². The van der Waals surface area contributed by atoms with E-state index in [1.54, 1.807) is 25.1 Å². The molecular formula is C17H18BrN3O3. The first kappa shape index (κ1) is 17.8. The highest BCUT2D eigenvalue weighted by molar-refractivity contribution is 9.10. The summed E-state index contributed by atoms with van der Waals surface area (Å²) in [5.41, 5.74) is 3.71. The van der Waals surface area contributed by atoms with Crippen molar-refractivity contribution in [1.29, 1.82) is 0 Å². The Bertz CT molecular complexity index is 732. The maximum Gasteiger partial charge on any atom is 0.262 e. The van der Waals surface area contributed by atoms with Crippen molar-refractivity contribution in [3.63, 3.8) is 0 Å². The molecule has 0 aliphatic rings. The molecule has 0 saturated heterocycles. The van der Waals surface area contributed by atoms with E-state index in [1.165, 1.54) is 13.3 Å². The van der Waals surface area contributed by atoms with Crippen LogP contribution in [0.15, 0.2) is 52.0 Å². The van der Waals surface area contributed by atoms with Gasteiger partial charge in [0.05, 0.1) is 13.3 Å². The Balaban J connectivity index is 1.93. The number of hydrogen-bond acceptors (Lipinski definition) is 5. The monoisotopic (exact) mass is 391 g/mol. The van der Waals surface area contributed by atoms with E-state index >= 15 is 0 Å². The number of amides is 1. The van der Waals surface area contributed by atoms with E-state index in [1.807, 2.05) is 24.3 Å². The van der Waals surface area contributed by atoms with Crippen LogP contribution >= 0.6 is 15.9 Å². The topological polar surface area (TPSA) is 83.0 Å². The lowest BCUT2D eigenvalue weighted by Crippen LogP contribution is -2.34. The van der Waals surface area contributed by atoms with Crippen LogP contribution in [0.5, 0.6) is 11.5 Å². The zero-order valence-electron chi connectivity index (χ0n) is 13.3. The number of nitrogens with one attached hydrogen (secondary N) is 2. The van der Waals surface area contributed by atoms with Gasteiger partial charge in [-0.25, -0.2) is 5.43 Å². The molecule has 0 fully saturated rings. The molecule has 0 aromatic heterocycles. The number of carbonyl (C=O) groups excluding carboxylic acids is 1. The third-order valence-electron chi connectivity index (χ3n) is 3.25. The molecule has 24 heavy (non-hydrogen) atoms. The number of anilines is 1. The lowest BCUT2D eigenvalue weighted by molar-refractivity contribution is -0.121. The van der Waals surface area contributed by atoms with Gasteiger partial charge in [-0.1, -0.05) is 22.0 Å². The van der Waals surface area contributed by atoms with Gasteiger partial charge < -0.3 is 15.2 Å². The standard InChI is InChI=1S/C17H18BrN3O3/c1-11(20-14-8-6-13(18)7-9-14)17(23)21-19-10-12-4-3-5-15(24-2)16(12)22/h3-11,20,22H,1-2H3,(H,21,23)/b19-10-/t11-/m1/s1. The van der Waals surface area contributed by atoms with Gasteiger partial charge in [0.2, 0.25) is 0 Å². The summed E-state index contributed by atoms with van der Waals surface area (Å²) in [4.78, 5) is 12.0. The lowest BCUT2D eigenvalue weighted by Gasteiger charge is -2.13. The van der Waals surface area contributed by atoms with Gasteiger partial charge in [-0.3, -0.25) is 4.79 Å². The zero-order valence-corrected chi connectivity index (χ0v) is 14.9. The summed E-state index contributed by atoms with van der Waals surface area (Å²) in [6.45, 7) is 1.73. The van der Waals surface area contributed by atoms with Crippen LogP contribution < -0.4 is 15.5 Å². The van der Waals surface area contributed by atoms with E-state index in [-0.39, 0.29) is 11.7 Å². The summed E-state index contributed by atoms with van der Waals surface area (Å²) < 4.78 is 5.98. The van der Waals surface area contributed by atoms with Crippen LogP contribution in [0.1, 0.15) is 12.5 Å². The van der Waals surface area contributed by atoms with Gasteiger partial charge in [0, 0.05) is 15.7 Å². The Morgan fingerprint density at radius 2 is 2.00 bits per heavy atom. The van der Waals surface area contributed by atoms with E-state index < -0.39 is 6.04 Å². The normalized spacial score (nSPS) is 12.0. The van der Waals surface area contributed by atoms with Gasteiger partial charge in [-0.2, -0.15) is 5.10 Å². The van der Waals surface area contributed by atoms with Crippen molar-refractivity contribution >= 4 is 33.7 Å². The number of rotatable bonds is 6. The van der Waals surface area contributed by atoms with Crippen LogP contribution in [0.25, 0.3) is 0 Å². The van der Waals surface area contributed by atoms with E-state index in [0.717, 1.165) is 10.2 Å². The number of nitrogens with zero attached hydrogens (tertiary/aromatic N) is 1. The Morgan fingerprint density at radius 3 is 2.67 bits per heavy atom. The molecule has 0 aliphatic heterocycles. The van der Waals surface area contributed by atoms with Crippen LogP contribution in [0.2, 0.25) is 0 Å². The Labute approximate surface area is 148 Å². The first-order valence-electron chi connectivity index (χ1n) is 7.22. The number of hydrogen-bond donors (Lipinski definition) is 3. The van der Waals surface area contributed by atoms with Gasteiger partial charge in [0.25, 0.3) is 5.91 Å². The third kappa shape index (κ3) is 4.73. The Kier molecular flexibility index (Phi) is 6.20. The van der Waals surface area contributed by atoms with Gasteiger partial charge >= 0.3 is 0 Å². The number of ether oxygens (including phenoxy) is 1. The molecule has 3 N–H and O–H groups in total. The van der Waals surface area contributed by atoms with Crippen LogP contribution in [-0.4, -0.2) is 30.4 Å².